The van der Waals surface area contributed by atoms with Gasteiger partial charge in [0.2, 0.25) is 0 Å². The van der Waals surface area contributed by atoms with Crippen molar-refractivity contribution in [2.24, 2.45) is 0 Å². The summed E-state index contributed by atoms with van der Waals surface area (Å²) in [6.45, 7) is 4.94. The maximum absolute atomic E-state index is 5.46. The Hall–Kier alpha value is -2.58. The molecule has 0 amide bonds. The molecule has 1 N–H and O–H groups in total. The topological polar surface area (TPSA) is 68.8 Å². The van der Waals surface area contributed by atoms with Crippen molar-refractivity contribution in [2.75, 3.05) is 5.32 Å². The molecule has 0 saturated heterocycles. The van der Waals surface area contributed by atoms with Crippen LogP contribution in [-0.2, 0) is 12.3 Å². The molecule has 0 bridgehead atoms. The van der Waals surface area contributed by atoms with Gasteiger partial charge < -0.3 is 9.73 Å². The highest BCUT2D eigenvalue weighted by atomic mass is 32.2. The monoisotopic (exact) mass is 397 g/mol. The summed E-state index contributed by atoms with van der Waals surface area (Å²) in [7, 11) is 0. The van der Waals surface area contributed by atoms with Gasteiger partial charge in [-0.05, 0) is 37.6 Å². The molecule has 0 spiro atoms. The Morgan fingerprint density at radius 2 is 2.07 bits per heavy atom. The van der Waals surface area contributed by atoms with E-state index in [9.17, 15) is 0 Å². The fraction of sp³-hybridized carbons (Fsp3) is 0.211. The van der Waals surface area contributed by atoms with E-state index in [2.05, 4.69) is 56.4 Å². The van der Waals surface area contributed by atoms with Gasteiger partial charge in [0.25, 0.3) is 0 Å². The Morgan fingerprint density at radius 1 is 1.19 bits per heavy atom. The molecule has 0 aliphatic heterocycles. The molecule has 4 rings (SSSR count). The van der Waals surface area contributed by atoms with Crippen molar-refractivity contribution >= 4 is 33.9 Å². The molecule has 0 fully saturated rings. The molecule has 0 aliphatic rings. The molecule has 4 aromatic rings. The third kappa shape index (κ3) is 3.91. The summed E-state index contributed by atoms with van der Waals surface area (Å²) in [6.07, 6.45) is 1.65. The van der Waals surface area contributed by atoms with Crippen molar-refractivity contribution in [3.63, 3.8) is 0 Å². The number of thiazole rings is 1. The van der Waals surface area contributed by atoms with Gasteiger partial charge in [-0.2, -0.15) is 0 Å². The van der Waals surface area contributed by atoms with Gasteiger partial charge in [-0.25, -0.2) is 4.98 Å². The van der Waals surface area contributed by atoms with Gasteiger partial charge >= 0.3 is 0 Å². The second-order valence-electron chi connectivity index (χ2n) is 5.90. The fourth-order valence-corrected chi connectivity index (χ4v) is 4.39. The lowest BCUT2D eigenvalue weighted by molar-refractivity contribution is 0.567. The summed E-state index contributed by atoms with van der Waals surface area (Å²) < 4.78 is 7.51. The summed E-state index contributed by atoms with van der Waals surface area (Å²) in [6, 6.07) is 12.0. The first-order valence-electron chi connectivity index (χ1n) is 8.61. The Bertz CT molecular complexity index is 1020. The standard InChI is InChI=1S/C19H19N5OS2/c1-3-24-17(16-9-6-10-25-16)22-23-19(24)27-12-14-11-26-18(20-14)21-15-8-5-4-7-13(15)2/h4-11H,3,12H2,1-2H3,(H,20,21). The quantitative estimate of drug-likeness (QED) is 0.424. The van der Waals surface area contributed by atoms with Crippen molar-refractivity contribution < 1.29 is 4.42 Å². The minimum absolute atomic E-state index is 0.731. The molecular formula is C19H19N5OS2. The highest BCUT2D eigenvalue weighted by Gasteiger charge is 2.15. The van der Waals surface area contributed by atoms with Crippen molar-refractivity contribution in [3.05, 3.63) is 59.3 Å². The molecule has 0 aliphatic carbocycles. The first-order valence-corrected chi connectivity index (χ1v) is 10.5. The predicted octanol–water partition coefficient (Wildman–Crippen LogP) is 5.36. The van der Waals surface area contributed by atoms with E-state index in [0.29, 0.717) is 0 Å². The van der Waals surface area contributed by atoms with Crippen LogP contribution >= 0.6 is 23.1 Å². The van der Waals surface area contributed by atoms with E-state index >= 15 is 0 Å². The third-order valence-electron chi connectivity index (χ3n) is 4.06. The van der Waals surface area contributed by atoms with Crippen molar-refractivity contribution in [2.45, 2.75) is 31.3 Å². The average molecular weight is 398 g/mol. The van der Waals surface area contributed by atoms with Gasteiger partial charge in [0, 0.05) is 23.4 Å². The highest BCUT2D eigenvalue weighted by Crippen LogP contribution is 2.29. The number of aryl methyl sites for hydroxylation is 1. The van der Waals surface area contributed by atoms with Gasteiger partial charge in [-0.15, -0.1) is 21.5 Å². The van der Waals surface area contributed by atoms with E-state index in [0.717, 1.165) is 45.6 Å². The van der Waals surface area contributed by atoms with Gasteiger partial charge in [0.1, 0.15) is 0 Å². The maximum Gasteiger partial charge on any atom is 0.200 e. The van der Waals surface area contributed by atoms with E-state index in [1.54, 1.807) is 29.4 Å². The lowest BCUT2D eigenvalue weighted by Crippen LogP contribution is -1.99. The number of rotatable bonds is 7. The lowest BCUT2D eigenvalue weighted by Gasteiger charge is -2.06. The van der Waals surface area contributed by atoms with Crippen LogP contribution in [0.2, 0.25) is 0 Å². The fourth-order valence-electron chi connectivity index (χ4n) is 2.67. The second-order valence-corrected chi connectivity index (χ2v) is 7.70. The first kappa shape index (κ1) is 17.8. The van der Waals surface area contributed by atoms with Crippen LogP contribution in [0.3, 0.4) is 0 Å². The zero-order chi connectivity index (χ0) is 18.6. The summed E-state index contributed by atoms with van der Waals surface area (Å²) >= 11 is 3.24. The molecule has 0 saturated carbocycles. The highest BCUT2D eigenvalue weighted by molar-refractivity contribution is 7.98. The minimum atomic E-state index is 0.731. The largest absolute Gasteiger partial charge is 0.461 e. The number of hydrogen-bond donors (Lipinski definition) is 1. The molecule has 0 atom stereocenters. The van der Waals surface area contributed by atoms with Crippen LogP contribution in [0, 0.1) is 6.92 Å². The van der Waals surface area contributed by atoms with Gasteiger partial charge in [-0.1, -0.05) is 30.0 Å². The smallest absolute Gasteiger partial charge is 0.200 e. The number of benzene rings is 1. The second kappa shape index (κ2) is 7.98. The summed E-state index contributed by atoms with van der Waals surface area (Å²) in [5, 5.41) is 15.8. The van der Waals surface area contributed by atoms with Crippen molar-refractivity contribution in [1.29, 1.82) is 0 Å². The van der Waals surface area contributed by atoms with Crippen LogP contribution in [0.5, 0.6) is 0 Å². The molecule has 1 aromatic carbocycles. The number of para-hydroxylation sites is 1. The summed E-state index contributed by atoms with van der Waals surface area (Å²) in [5.74, 6) is 2.22. The molecule has 3 aromatic heterocycles. The molecule has 6 nitrogen and oxygen atoms in total. The number of aromatic nitrogens is 4. The van der Waals surface area contributed by atoms with E-state index in [4.69, 9.17) is 4.42 Å². The first-order chi connectivity index (χ1) is 13.2. The van der Waals surface area contributed by atoms with Gasteiger partial charge in [0.05, 0.1) is 12.0 Å². The minimum Gasteiger partial charge on any atom is -0.461 e. The summed E-state index contributed by atoms with van der Waals surface area (Å²) in [4.78, 5) is 4.68. The van der Waals surface area contributed by atoms with E-state index in [1.807, 2.05) is 24.3 Å². The molecule has 138 valence electrons. The van der Waals surface area contributed by atoms with Gasteiger partial charge in [0.15, 0.2) is 21.9 Å². The van der Waals surface area contributed by atoms with Crippen LogP contribution in [0.4, 0.5) is 10.8 Å². The van der Waals surface area contributed by atoms with Crippen LogP contribution in [0.1, 0.15) is 18.2 Å². The predicted molar refractivity (Wildman–Crippen MR) is 110 cm³/mol. The van der Waals surface area contributed by atoms with Gasteiger partial charge in [-0.3, -0.25) is 4.57 Å². The van der Waals surface area contributed by atoms with Crippen molar-refractivity contribution in [3.8, 4) is 11.6 Å². The zero-order valence-corrected chi connectivity index (χ0v) is 16.7. The molecule has 0 unspecified atom stereocenters. The number of furan rings is 1. The molecule has 27 heavy (non-hydrogen) atoms. The number of anilines is 2. The van der Waals surface area contributed by atoms with Crippen LogP contribution in [-0.4, -0.2) is 19.7 Å². The lowest BCUT2D eigenvalue weighted by atomic mass is 10.2. The van der Waals surface area contributed by atoms with Crippen molar-refractivity contribution in [1.82, 2.24) is 19.7 Å². The number of hydrogen-bond acceptors (Lipinski definition) is 7. The Labute approximate surface area is 165 Å². The Balaban J connectivity index is 1.44. The van der Waals surface area contributed by atoms with Crippen LogP contribution < -0.4 is 5.32 Å². The zero-order valence-electron chi connectivity index (χ0n) is 15.0. The normalized spacial score (nSPS) is 11.0. The summed E-state index contributed by atoms with van der Waals surface area (Å²) in [5.41, 5.74) is 3.30. The molecular weight excluding hydrogens is 378 g/mol. The number of thioether (sulfide) groups is 1. The van der Waals surface area contributed by atoms with Crippen LogP contribution in [0.25, 0.3) is 11.6 Å². The number of nitrogens with zero attached hydrogens (tertiary/aromatic N) is 4. The molecule has 8 heteroatoms. The molecule has 0 radical (unpaired) electrons. The van der Waals surface area contributed by atoms with E-state index < -0.39 is 0 Å². The average Bonchev–Trinajstić information content (AvgIpc) is 3.42. The third-order valence-corrected chi connectivity index (χ3v) is 5.87. The van der Waals surface area contributed by atoms with E-state index in [1.165, 1.54) is 5.56 Å². The molecule has 3 heterocycles. The SMILES string of the molecule is CCn1c(SCc2csc(Nc3ccccc3C)n2)nnc1-c1ccco1. The Morgan fingerprint density at radius 3 is 2.85 bits per heavy atom. The van der Waals surface area contributed by atoms with Crippen LogP contribution in [0.15, 0.2) is 57.6 Å². The maximum atomic E-state index is 5.46. The number of nitrogens with one attached hydrogen (secondary N) is 1. The Kier molecular flexibility index (Phi) is 5.26. The van der Waals surface area contributed by atoms with E-state index in [-0.39, 0.29) is 0 Å².